The van der Waals surface area contributed by atoms with Crippen molar-refractivity contribution in [2.24, 2.45) is 5.10 Å². The number of halogens is 1. The third kappa shape index (κ3) is 4.67. The molecule has 2 heterocycles. The summed E-state index contributed by atoms with van der Waals surface area (Å²) < 4.78 is 6.02. The number of hydrazone groups is 1. The van der Waals surface area contributed by atoms with Crippen molar-refractivity contribution >= 4 is 34.7 Å². The molecular formula is C21H20ClN9O2. The van der Waals surface area contributed by atoms with Gasteiger partial charge < -0.3 is 10.6 Å². The smallest absolute Gasteiger partial charge is 0.293 e. The summed E-state index contributed by atoms with van der Waals surface area (Å²) >= 11 is 6.21. The van der Waals surface area contributed by atoms with Crippen LogP contribution in [0.25, 0.3) is 5.82 Å². The Morgan fingerprint density at radius 3 is 2.61 bits per heavy atom. The molecule has 0 saturated heterocycles. The lowest BCUT2D eigenvalue weighted by atomic mass is 10.1. The molecule has 3 N–H and O–H groups in total. The number of nitrogens with one attached hydrogen (secondary N) is 1. The SMILES string of the molecule is C/C(=N\NC(=O)c1nnn(-c2nonc2N)c1CN(C)c1ccccc1)c1ccccc1Cl. The summed E-state index contributed by atoms with van der Waals surface area (Å²) in [6.07, 6.45) is 0. The fourth-order valence-corrected chi connectivity index (χ4v) is 3.40. The molecular weight excluding hydrogens is 446 g/mol. The van der Waals surface area contributed by atoms with Gasteiger partial charge in [-0.15, -0.1) is 5.10 Å². The van der Waals surface area contributed by atoms with Crippen molar-refractivity contribution in [3.63, 3.8) is 0 Å². The monoisotopic (exact) mass is 465 g/mol. The predicted molar refractivity (Wildman–Crippen MR) is 123 cm³/mol. The summed E-state index contributed by atoms with van der Waals surface area (Å²) in [4.78, 5) is 14.9. The first kappa shape index (κ1) is 22.0. The van der Waals surface area contributed by atoms with E-state index in [-0.39, 0.29) is 23.9 Å². The molecule has 0 aliphatic carbocycles. The van der Waals surface area contributed by atoms with Gasteiger partial charge in [0.05, 0.1) is 18.0 Å². The van der Waals surface area contributed by atoms with E-state index < -0.39 is 5.91 Å². The van der Waals surface area contributed by atoms with Crippen LogP contribution in [0.2, 0.25) is 5.02 Å². The van der Waals surface area contributed by atoms with Gasteiger partial charge in [0.1, 0.15) is 0 Å². The van der Waals surface area contributed by atoms with Crippen LogP contribution in [0.4, 0.5) is 11.5 Å². The molecule has 0 atom stereocenters. The molecule has 0 spiro atoms. The number of amides is 1. The van der Waals surface area contributed by atoms with Crippen LogP contribution in [0.15, 0.2) is 64.3 Å². The van der Waals surface area contributed by atoms with Gasteiger partial charge >= 0.3 is 0 Å². The number of hydrogen-bond donors (Lipinski definition) is 2. The molecule has 2 aromatic carbocycles. The minimum absolute atomic E-state index is 0.0167. The minimum Gasteiger partial charge on any atom is -0.378 e. The number of rotatable bonds is 7. The molecule has 2 aromatic heterocycles. The molecule has 4 rings (SSSR count). The molecule has 11 nitrogen and oxygen atoms in total. The highest BCUT2D eigenvalue weighted by Gasteiger charge is 2.25. The van der Waals surface area contributed by atoms with Crippen molar-refractivity contribution in [2.45, 2.75) is 13.5 Å². The molecule has 0 saturated carbocycles. The second kappa shape index (κ2) is 9.49. The molecule has 0 unspecified atom stereocenters. The third-order valence-corrected chi connectivity index (χ3v) is 5.18. The summed E-state index contributed by atoms with van der Waals surface area (Å²) in [6.45, 7) is 2.00. The second-order valence-electron chi connectivity index (χ2n) is 7.08. The maximum atomic E-state index is 13.0. The Kier molecular flexibility index (Phi) is 6.31. The van der Waals surface area contributed by atoms with E-state index in [0.29, 0.717) is 22.0 Å². The Morgan fingerprint density at radius 2 is 1.91 bits per heavy atom. The Hall–Kier alpha value is -4.25. The summed E-state index contributed by atoms with van der Waals surface area (Å²) in [5.41, 5.74) is 11.0. The largest absolute Gasteiger partial charge is 0.378 e. The number of nitrogen functional groups attached to an aromatic ring is 1. The highest BCUT2D eigenvalue weighted by molar-refractivity contribution is 6.34. The van der Waals surface area contributed by atoms with Gasteiger partial charge in [0, 0.05) is 23.3 Å². The van der Waals surface area contributed by atoms with Crippen LogP contribution in [0.5, 0.6) is 0 Å². The summed E-state index contributed by atoms with van der Waals surface area (Å²) in [7, 11) is 1.87. The number of aromatic nitrogens is 5. The Balaban J connectivity index is 1.65. The highest BCUT2D eigenvalue weighted by Crippen LogP contribution is 2.20. The van der Waals surface area contributed by atoms with Gasteiger partial charge in [0.25, 0.3) is 5.91 Å². The van der Waals surface area contributed by atoms with Crippen LogP contribution >= 0.6 is 11.6 Å². The van der Waals surface area contributed by atoms with Crippen LogP contribution in [0, 0.1) is 0 Å². The fraction of sp³-hybridized carbons (Fsp3) is 0.143. The van der Waals surface area contributed by atoms with E-state index in [2.05, 4.69) is 31.2 Å². The first-order chi connectivity index (χ1) is 16.0. The van der Waals surface area contributed by atoms with Gasteiger partial charge in [-0.25, -0.2) is 10.1 Å². The fourth-order valence-electron chi connectivity index (χ4n) is 3.13. The zero-order valence-corrected chi connectivity index (χ0v) is 18.6. The molecule has 0 radical (unpaired) electrons. The predicted octanol–water partition coefficient (Wildman–Crippen LogP) is 2.68. The Labute approximate surface area is 193 Å². The number of carbonyl (C=O) groups is 1. The van der Waals surface area contributed by atoms with Crippen LogP contribution in [0.3, 0.4) is 0 Å². The molecule has 168 valence electrons. The van der Waals surface area contributed by atoms with E-state index in [0.717, 1.165) is 5.69 Å². The quantitative estimate of drug-likeness (QED) is 0.313. The number of nitrogens with zero attached hydrogens (tertiary/aromatic N) is 7. The molecule has 33 heavy (non-hydrogen) atoms. The van der Waals surface area contributed by atoms with E-state index in [4.69, 9.17) is 22.0 Å². The Bertz CT molecular complexity index is 1300. The number of carbonyl (C=O) groups excluding carboxylic acids is 1. The van der Waals surface area contributed by atoms with E-state index in [1.54, 1.807) is 13.0 Å². The third-order valence-electron chi connectivity index (χ3n) is 4.85. The highest BCUT2D eigenvalue weighted by atomic mass is 35.5. The lowest BCUT2D eigenvalue weighted by Gasteiger charge is -2.19. The van der Waals surface area contributed by atoms with Gasteiger partial charge in [0.15, 0.2) is 5.69 Å². The van der Waals surface area contributed by atoms with Gasteiger partial charge in [-0.1, -0.05) is 53.2 Å². The number of hydrogen-bond acceptors (Lipinski definition) is 9. The number of para-hydroxylation sites is 1. The normalized spacial score (nSPS) is 11.4. The molecule has 0 fully saturated rings. The lowest BCUT2D eigenvalue weighted by Crippen LogP contribution is -2.25. The molecule has 0 aliphatic heterocycles. The van der Waals surface area contributed by atoms with Gasteiger partial charge in [-0.2, -0.15) is 9.78 Å². The average molecular weight is 466 g/mol. The molecule has 0 bridgehead atoms. The molecule has 1 amide bonds. The first-order valence-electron chi connectivity index (χ1n) is 9.84. The summed E-state index contributed by atoms with van der Waals surface area (Å²) in [5, 5.41) is 20.2. The van der Waals surface area contributed by atoms with Gasteiger partial charge in [-0.05, 0) is 35.4 Å². The summed E-state index contributed by atoms with van der Waals surface area (Å²) in [5.74, 6) is -0.407. The first-order valence-corrected chi connectivity index (χ1v) is 10.2. The standard InChI is InChI=1S/C21H20ClN9O2/c1-13(15-10-6-7-11-16(15)22)24-26-21(32)18-17(12-30(2)14-8-4-3-5-9-14)31(29-25-18)20-19(23)27-33-28-20/h3-11H,12H2,1-2H3,(H2,23,27)(H,26,32)/b24-13+. The second-order valence-corrected chi connectivity index (χ2v) is 7.49. The van der Waals surface area contributed by atoms with E-state index in [1.165, 1.54) is 4.68 Å². The molecule has 4 aromatic rings. The van der Waals surface area contributed by atoms with Crippen molar-refractivity contribution in [3.05, 3.63) is 76.6 Å². The number of benzene rings is 2. The van der Waals surface area contributed by atoms with Crippen LogP contribution in [-0.4, -0.2) is 44.0 Å². The van der Waals surface area contributed by atoms with Crippen molar-refractivity contribution in [1.82, 2.24) is 30.7 Å². The lowest BCUT2D eigenvalue weighted by molar-refractivity contribution is 0.0949. The van der Waals surface area contributed by atoms with E-state index >= 15 is 0 Å². The number of nitrogens with two attached hydrogens (primary N) is 1. The maximum absolute atomic E-state index is 13.0. The van der Waals surface area contributed by atoms with Crippen LogP contribution < -0.4 is 16.1 Å². The zero-order valence-electron chi connectivity index (χ0n) is 17.8. The van der Waals surface area contributed by atoms with E-state index in [9.17, 15) is 4.79 Å². The molecule has 12 heteroatoms. The average Bonchev–Trinajstić information content (AvgIpc) is 3.43. The van der Waals surface area contributed by atoms with Crippen molar-refractivity contribution in [1.29, 1.82) is 0 Å². The number of anilines is 2. The van der Waals surface area contributed by atoms with Crippen molar-refractivity contribution in [2.75, 3.05) is 17.7 Å². The topological polar surface area (TPSA) is 140 Å². The zero-order chi connectivity index (χ0) is 23.4. The summed E-state index contributed by atoms with van der Waals surface area (Å²) in [6, 6.07) is 16.8. The van der Waals surface area contributed by atoms with Crippen molar-refractivity contribution in [3.8, 4) is 5.82 Å². The van der Waals surface area contributed by atoms with Crippen LogP contribution in [-0.2, 0) is 6.54 Å². The van der Waals surface area contributed by atoms with Gasteiger partial charge in [0.2, 0.25) is 11.6 Å². The minimum atomic E-state index is -0.556. The van der Waals surface area contributed by atoms with E-state index in [1.807, 2.05) is 60.5 Å². The van der Waals surface area contributed by atoms with Crippen LogP contribution in [0.1, 0.15) is 28.7 Å². The van der Waals surface area contributed by atoms with Gasteiger partial charge in [-0.3, -0.25) is 4.79 Å². The Morgan fingerprint density at radius 1 is 1.18 bits per heavy atom. The molecule has 0 aliphatic rings. The maximum Gasteiger partial charge on any atom is 0.293 e. The van der Waals surface area contributed by atoms with Crippen molar-refractivity contribution < 1.29 is 9.42 Å².